The number of benzene rings is 1. The van der Waals surface area contributed by atoms with Crippen LogP contribution in [0.2, 0.25) is 0 Å². The molecule has 3 heterocycles. The normalized spacial score (nSPS) is 18.2. The van der Waals surface area contributed by atoms with Crippen LogP contribution in [0.1, 0.15) is 64.8 Å². The van der Waals surface area contributed by atoms with E-state index in [1.807, 2.05) is 6.07 Å². The molecule has 0 spiro atoms. The highest BCUT2D eigenvalue weighted by Gasteiger charge is 2.19. The van der Waals surface area contributed by atoms with E-state index in [0.717, 1.165) is 64.8 Å². The number of hydrogen-bond acceptors (Lipinski definition) is 5. The number of carboxylic acids is 1. The standard InChI is InChI=1S/C22H23BrN2O3S/c23-16-11-15(12-17-7-3-8-18(24-17)22(26)27)20-19(13-16)29-21(25-20)14-5-1-2-9-28-10-4-6-14/h3,7-8,11,13-14H,1-2,4-6,9-10,12H2,(H,26,27). The van der Waals surface area contributed by atoms with E-state index < -0.39 is 5.97 Å². The lowest BCUT2D eigenvalue weighted by atomic mass is 9.98. The van der Waals surface area contributed by atoms with E-state index in [4.69, 9.17) is 9.72 Å². The third-order valence-electron chi connectivity index (χ3n) is 5.23. The van der Waals surface area contributed by atoms with Gasteiger partial charge in [-0.3, -0.25) is 0 Å². The summed E-state index contributed by atoms with van der Waals surface area (Å²) in [6.07, 6.45) is 6.18. The number of pyridine rings is 1. The number of hydrogen-bond donors (Lipinski definition) is 1. The Balaban J connectivity index is 1.66. The molecule has 1 atom stereocenters. The zero-order valence-corrected chi connectivity index (χ0v) is 18.5. The first-order valence-corrected chi connectivity index (χ1v) is 11.6. The highest BCUT2D eigenvalue weighted by atomic mass is 79.9. The third-order valence-corrected chi connectivity index (χ3v) is 6.86. The van der Waals surface area contributed by atoms with Gasteiger partial charge in [0.05, 0.1) is 15.2 Å². The second kappa shape index (κ2) is 9.32. The molecular weight excluding hydrogens is 452 g/mol. The topological polar surface area (TPSA) is 72.3 Å². The van der Waals surface area contributed by atoms with Crippen LogP contribution in [0.4, 0.5) is 0 Å². The minimum atomic E-state index is -1.01. The number of rotatable bonds is 4. The second-order valence-electron chi connectivity index (χ2n) is 7.41. The van der Waals surface area contributed by atoms with Gasteiger partial charge in [0.1, 0.15) is 5.69 Å². The third kappa shape index (κ3) is 5.02. The largest absolute Gasteiger partial charge is 0.477 e. The first-order valence-electron chi connectivity index (χ1n) is 9.96. The van der Waals surface area contributed by atoms with Gasteiger partial charge in [-0.25, -0.2) is 14.8 Å². The molecule has 0 radical (unpaired) electrons. The summed E-state index contributed by atoms with van der Waals surface area (Å²) in [5.41, 5.74) is 2.88. The van der Waals surface area contributed by atoms with E-state index in [-0.39, 0.29) is 5.69 Å². The zero-order valence-electron chi connectivity index (χ0n) is 16.1. The van der Waals surface area contributed by atoms with Gasteiger partial charge in [-0.2, -0.15) is 0 Å². The van der Waals surface area contributed by atoms with Gasteiger partial charge in [0.15, 0.2) is 0 Å². The minimum Gasteiger partial charge on any atom is -0.477 e. The first-order chi connectivity index (χ1) is 14.1. The summed E-state index contributed by atoms with van der Waals surface area (Å²) in [5.74, 6) is -0.527. The minimum absolute atomic E-state index is 0.0699. The van der Waals surface area contributed by atoms with Crippen molar-refractivity contribution in [2.45, 2.75) is 44.4 Å². The maximum atomic E-state index is 11.2. The van der Waals surface area contributed by atoms with E-state index in [2.05, 4.69) is 33.0 Å². The number of aromatic nitrogens is 2. The van der Waals surface area contributed by atoms with Gasteiger partial charge in [0.2, 0.25) is 0 Å². The van der Waals surface area contributed by atoms with Crippen molar-refractivity contribution in [1.29, 1.82) is 0 Å². The Labute approximate surface area is 182 Å². The lowest BCUT2D eigenvalue weighted by Gasteiger charge is -2.11. The van der Waals surface area contributed by atoms with E-state index in [1.165, 1.54) is 17.5 Å². The summed E-state index contributed by atoms with van der Waals surface area (Å²) in [7, 11) is 0. The molecule has 152 valence electrons. The van der Waals surface area contributed by atoms with Crippen LogP contribution >= 0.6 is 27.3 Å². The van der Waals surface area contributed by atoms with E-state index >= 15 is 0 Å². The molecule has 0 aliphatic carbocycles. The number of aromatic carboxylic acids is 1. The van der Waals surface area contributed by atoms with E-state index in [0.29, 0.717) is 12.3 Å². The predicted molar refractivity (Wildman–Crippen MR) is 118 cm³/mol. The molecule has 0 amide bonds. The van der Waals surface area contributed by atoms with Crippen molar-refractivity contribution in [3.05, 3.63) is 56.8 Å². The van der Waals surface area contributed by atoms with Crippen LogP contribution in [0.15, 0.2) is 34.8 Å². The van der Waals surface area contributed by atoms with Crippen molar-refractivity contribution in [2.75, 3.05) is 13.2 Å². The lowest BCUT2D eigenvalue weighted by Crippen LogP contribution is -2.03. The molecule has 5 nitrogen and oxygen atoms in total. The van der Waals surface area contributed by atoms with Crippen molar-refractivity contribution < 1.29 is 14.6 Å². The fourth-order valence-electron chi connectivity index (χ4n) is 3.80. The zero-order chi connectivity index (χ0) is 20.2. The molecule has 1 aliphatic rings. The predicted octanol–water partition coefficient (Wildman–Crippen LogP) is 5.81. The summed E-state index contributed by atoms with van der Waals surface area (Å²) in [5, 5.41) is 10.4. The molecule has 0 saturated carbocycles. The van der Waals surface area contributed by atoms with Gasteiger partial charge in [0, 0.05) is 35.7 Å². The highest BCUT2D eigenvalue weighted by Crippen LogP contribution is 2.37. The number of carbonyl (C=O) groups is 1. The van der Waals surface area contributed by atoms with Crippen LogP contribution in [-0.4, -0.2) is 34.3 Å². The summed E-state index contributed by atoms with van der Waals surface area (Å²) in [4.78, 5) is 20.6. The van der Waals surface area contributed by atoms with Gasteiger partial charge >= 0.3 is 5.97 Å². The number of carboxylic acid groups (broad SMARTS) is 1. The van der Waals surface area contributed by atoms with Crippen LogP contribution in [0.5, 0.6) is 0 Å². The van der Waals surface area contributed by atoms with Crippen molar-refractivity contribution >= 4 is 43.5 Å². The number of thiazole rings is 1. The molecule has 1 N–H and O–H groups in total. The quantitative estimate of drug-likeness (QED) is 0.516. The van der Waals surface area contributed by atoms with Crippen LogP contribution in [0.25, 0.3) is 10.2 Å². The molecule has 1 saturated heterocycles. The Kier molecular flexibility index (Phi) is 6.57. The Hall–Kier alpha value is -1.83. The average Bonchev–Trinajstić information content (AvgIpc) is 3.16. The molecule has 4 rings (SSSR count). The maximum Gasteiger partial charge on any atom is 0.354 e. The summed E-state index contributed by atoms with van der Waals surface area (Å²) >= 11 is 5.40. The van der Waals surface area contributed by atoms with Crippen LogP contribution in [0, 0.1) is 0 Å². The highest BCUT2D eigenvalue weighted by molar-refractivity contribution is 9.10. The molecule has 2 aromatic heterocycles. The molecular formula is C22H23BrN2O3S. The van der Waals surface area contributed by atoms with Gasteiger partial charge in [0.25, 0.3) is 0 Å². The molecule has 1 fully saturated rings. The fraction of sp³-hybridized carbons (Fsp3) is 0.409. The Bertz CT molecular complexity index is 1010. The van der Waals surface area contributed by atoms with Gasteiger partial charge in [-0.15, -0.1) is 11.3 Å². The van der Waals surface area contributed by atoms with Crippen LogP contribution in [0.3, 0.4) is 0 Å². The van der Waals surface area contributed by atoms with Crippen molar-refractivity contribution in [2.24, 2.45) is 0 Å². The van der Waals surface area contributed by atoms with Crippen molar-refractivity contribution in [1.82, 2.24) is 9.97 Å². The lowest BCUT2D eigenvalue weighted by molar-refractivity contribution is 0.0690. The molecule has 29 heavy (non-hydrogen) atoms. The van der Waals surface area contributed by atoms with Crippen molar-refractivity contribution in [3.63, 3.8) is 0 Å². The van der Waals surface area contributed by atoms with E-state index in [9.17, 15) is 9.90 Å². The Morgan fingerprint density at radius 1 is 1.17 bits per heavy atom. The van der Waals surface area contributed by atoms with Crippen LogP contribution < -0.4 is 0 Å². The Morgan fingerprint density at radius 2 is 2.00 bits per heavy atom. The van der Waals surface area contributed by atoms with Gasteiger partial charge in [-0.1, -0.05) is 28.4 Å². The number of ether oxygens (including phenoxy) is 1. The van der Waals surface area contributed by atoms with E-state index in [1.54, 1.807) is 17.4 Å². The molecule has 1 aliphatic heterocycles. The summed E-state index contributed by atoms with van der Waals surface area (Å²) in [6, 6.07) is 9.32. The summed E-state index contributed by atoms with van der Waals surface area (Å²) in [6.45, 7) is 1.70. The molecule has 1 aromatic carbocycles. The fourth-order valence-corrected chi connectivity index (χ4v) is 5.68. The van der Waals surface area contributed by atoms with Gasteiger partial charge in [-0.05, 0) is 55.5 Å². The Morgan fingerprint density at radius 3 is 2.86 bits per heavy atom. The SMILES string of the molecule is O=C(O)c1cccc(Cc2cc(Br)cc3sc(C4CCCCOCCC4)nc23)n1. The number of fused-ring (bicyclic) bond motifs is 1. The van der Waals surface area contributed by atoms with Crippen LogP contribution in [-0.2, 0) is 11.2 Å². The second-order valence-corrected chi connectivity index (χ2v) is 9.39. The molecule has 3 aromatic rings. The molecule has 0 bridgehead atoms. The smallest absolute Gasteiger partial charge is 0.354 e. The number of halogens is 1. The average molecular weight is 475 g/mol. The molecule has 1 unspecified atom stereocenters. The van der Waals surface area contributed by atoms with Crippen molar-refractivity contribution in [3.8, 4) is 0 Å². The number of nitrogens with zero attached hydrogens (tertiary/aromatic N) is 2. The first kappa shape index (κ1) is 20.4. The summed E-state index contributed by atoms with van der Waals surface area (Å²) < 4.78 is 7.82. The van der Waals surface area contributed by atoms with Gasteiger partial charge < -0.3 is 9.84 Å². The molecule has 7 heteroatoms. The monoisotopic (exact) mass is 474 g/mol. The maximum absolute atomic E-state index is 11.2.